The zero-order valence-corrected chi connectivity index (χ0v) is 21.5. The van der Waals surface area contributed by atoms with Crippen molar-refractivity contribution >= 4 is 10.9 Å². The van der Waals surface area contributed by atoms with Gasteiger partial charge in [0.1, 0.15) is 0 Å². The van der Waals surface area contributed by atoms with Crippen LogP contribution in [-0.4, -0.2) is 24.9 Å². The Balaban J connectivity index is 1.24. The number of benzene rings is 4. The van der Waals surface area contributed by atoms with Crippen LogP contribution >= 0.6 is 0 Å². The predicted molar refractivity (Wildman–Crippen MR) is 160 cm³/mol. The lowest BCUT2D eigenvalue weighted by atomic mass is 10.1. The largest absolute Gasteiger partial charge is 0.246 e. The molecule has 0 N–H and O–H groups in total. The molecular weight excluding hydrogens is 490 g/mol. The van der Waals surface area contributed by atoms with Crippen molar-refractivity contribution in [3.8, 4) is 56.8 Å². The molecule has 0 unspecified atom stereocenters. The number of pyridine rings is 2. The van der Waals surface area contributed by atoms with Crippen LogP contribution in [0.15, 0.2) is 140 Å². The van der Waals surface area contributed by atoms with E-state index in [9.17, 15) is 0 Å². The van der Waals surface area contributed by atoms with Crippen molar-refractivity contribution in [2.45, 2.75) is 0 Å². The summed E-state index contributed by atoms with van der Waals surface area (Å²) in [7, 11) is 0. The summed E-state index contributed by atoms with van der Waals surface area (Å²) in [4.78, 5) is 24.2. The van der Waals surface area contributed by atoms with Crippen LogP contribution in [-0.2, 0) is 0 Å². The van der Waals surface area contributed by atoms with Gasteiger partial charge in [0.25, 0.3) is 0 Å². The first-order valence-electron chi connectivity index (χ1n) is 13.1. The fourth-order valence-corrected chi connectivity index (χ4v) is 4.67. The number of para-hydroxylation sites is 1. The van der Waals surface area contributed by atoms with E-state index in [1.165, 1.54) is 0 Å². The van der Waals surface area contributed by atoms with Crippen LogP contribution in [0.2, 0.25) is 0 Å². The maximum Gasteiger partial charge on any atom is 0.164 e. The molecule has 0 radical (unpaired) electrons. The van der Waals surface area contributed by atoms with Crippen molar-refractivity contribution in [3.05, 3.63) is 140 Å². The molecule has 0 bridgehead atoms. The highest BCUT2D eigenvalue weighted by Crippen LogP contribution is 2.28. The van der Waals surface area contributed by atoms with E-state index in [2.05, 4.69) is 24.3 Å². The van der Waals surface area contributed by atoms with Crippen LogP contribution in [0.4, 0.5) is 0 Å². The molecule has 0 amide bonds. The van der Waals surface area contributed by atoms with Crippen LogP contribution in [0.25, 0.3) is 67.7 Å². The Bertz CT molecular complexity index is 1880. The monoisotopic (exact) mass is 513 g/mol. The number of rotatable bonds is 5. The summed E-state index contributed by atoms with van der Waals surface area (Å²) in [6, 6.07) is 46.4. The van der Waals surface area contributed by atoms with E-state index in [1.807, 2.05) is 115 Å². The molecule has 40 heavy (non-hydrogen) atoms. The fourth-order valence-electron chi connectivity index (χ4n) is 4.67. The van der Waals surface area contributed by atoms with Gasteiger partial charge in [0.2, 0.25) is 0 Å². The Hall–Kier alpha value is -5.55. The molecule has 188 valence electrons. The first kappa shape index (κ1) is 23.6. The summed E-state index contributed by atoms with van der Waals surface area (Å²) in [6.45, 7) is 0. The van der Waals surface area contributed by atoms with Crippen LogP contribution < -0.4 is 0 Å². The zero-order valence-electron chi connectivity index (χ0n) is 21.5. The van der Waals surface area contributed by atoms with Crippen LogP contribution in [0.5, 0.6) is 0 Å². The third kappa shape index (κ3) is 4.72. The van der Waals surface area contributed by atoms with Crippen molar-refractivity contribution in [2.75, 3.05) is 0 Å². The van der Waals surface area contributed by atoms with Gasteiger partial charge in [-0.25, -0.2) is 24.9 Å². The molecule has 0 aliphatic rings. The van der Waals surface area contributed by atoms with Gasteiger partial charge < -0.3 is 0 Å². The van der Waals surface area contributed by atoms with Gasteiger partial charge in [-0.05, 0) is 24.3 Å². The Morgan fingerprint density at radius 3 is 1.43 bits per heavy atom. The topological polar surface area (TPSA) is 64.5 Å². The summed E-state index contributed by atoms with van der Waals surface area (Å²) < 4.78 is 0. The molecule has 0 fully saturated rings. The Labute approximate surface area is 231 Å². The number of nitrogens with zero attached hydrogens (tertiary/aromatic N) is 5. The summed E-state index contributed by atoms with van der Waals surface area (Å²) in [5.41, 5.74) is 7.34. The van der Waals surface area contributed by atoms with E-state index < -0.39 is 0 Å². The molecule has 0 aliphatic carbocycles. The highest BCUT2D eigenvalue weighted by Gasteiger charge is 2.13. The molecule has 0 atom stereocenters. The molecule has 5 heteroatoms. The Morgan fingerprint density at radius 1 is 0.275 bits per heavy atom. The molecular formula is C35H23N5. The average molecular weight is 514 g/mol. The van der Waals surface area contributed by atoms with Crippen molar-refractivity contribution in [1.29, 1.82) is 0 Å². The smallest absolute Gasteiger partial charge is 0.164 e. The van der Waals surface area contributed by atoms with Crippen LogP contribution in [0, 0.1) is 0 Å². The highest BCUT2D eigenvalue weighted by molar-refractivity contribution is 5.81. The minimum atomic E-state index is 0.626. The van der Waals surface area contributed by atoms with Gasteiger partial charge >= 0.3 is 0 Å². The highest BCUT2D eigenvalue weighted by atomic mass is 15.0. The number of hydrogen-bond donors (Lipinski definition) is 0. The van der Waals surface area contributed by atoms with Gasteiger partial charge in [-0.2, -0.15) is 0 Å². The summed E-state index contributed by atoms with van der Waals surface area (Å²) in [6.07, 6.45) is 0. The minimum absolute atomic E-state index is 0.626. The second-order valence-corrected chi connectivity index (χ2v) is 9.41. The van der Waals surface area contributed by atoms with E-state index in [1.54, 1.807) is 0 Å². The molecule has 7 aromatic rings. The van der Waals surface area contributed by atoms with E-state index in [0.29, 0.717) is 17.5 Å². The van der Waals surface area contributed by atoms with E-state index in [0.717, 1.165) is 50.2 Å². The molecule has 4 aromatic carbocycles. The predicted octanol–water partition coefficient (Wildman–Crippen LogP) is 8.15. The Morgan fingerprint density at radius 2 is 0.775 bits per heavy atom. The third-order valence-corrected chi connectivity index (χ3v) is 6.75. The summed E-state index contributed by atoms with van der Waals surface area (Å²) in [5.74, 6) is 1.91. The molecule has 0 aliphatic heterocycles. The SMILES string of the molecule is c1ccc(-c2nc(-c3ccccc3)nc(-c3ccc(-c4cccc(-c5ccc6ccccc6n5)n4)cc3)n2)cc1. The first-order chi connectivity index (χ1) is 19.8. The fraction of sp³-hybridized carbons (Fsp3) is 0. The second kappa shape index (κ2) is 10.3. The molecule has 3 heterocycles. The lowest BCUT2D eigenvalue weighted by Gasteiger charge is -2.09. The Kier molecular flexibility index (Phi) is 6.07. The minimum Gasteiger partial charge on any atom is -0.246 e. The number of aromatic nitrogens is 5. The molecule has 0 saturated carbocycles. The average Bonchev–Trinajstić information content (AvgIpc) is 3.05. The van der Waals surface area contributed by atoms with E-state index in [-0.39, 0.29) is 0 Å². The lowest BCUT2D eigenvalue weighted by Crippen LogP contribution is -2.00. The zero-order chi connectivity index (χ0) is 26.7. The molecule has 3 aromatic heterocycles. The summed E-state index contributed by atoms with van der Waals surface area (Å²) >= 11 is 0. The van der Waals surface area contributed by atoms with Crippen molar-refractivity contribution in [2.24, 2.45) is 0 Å². The molecule has 5 nitrogen and oxygen atoms in total. The van der Waals surface area contributed by atoms with Gasteiger partial charge in [0.05, 0.1) is 22.6 Å². The normalized spacial score (nSPS) is 11.0. The van der Waals surface area contributed by atoms with Crippen molar-refractivity contribution < 1.29 is 0 Å². The molecule has 0 spiro atoms. The molecule has 7 rings (SSSR count). The number of fused-ring (bicyclic) bond motifs is 1. The van der Waals surface area contributed by atoms with Gasteiger partial charge in [-0.3, -0.25) is 0 Å². The van der Waals surface area contributed by atoms with Crippen LogP contribution in [0.3, 0.4) is 0 Å². The maximum absolute atomic E-state index is 4.93. The second-order valence-electron chi connectivity index (χ2n) is 9.41. The van der Waals surface area contributed by atoms with E-state index >= 15 is 0 Å². The van der Waals surface area contributed by atoms with Crippen molar-refractivity contribution in [3.63, 3.8) is 0 Å². The van der Waals surface area contributed by atoms with Gasteiger partial charge in [0.15, 0.2) is 17.5 Å². The quantitative estimate of drug-likeness (QED) is 0.232. The third-order valence-electron chi connectivity index (χ3n) is 6.75. The lowest BCUT2D eigenvalue weighted by molar-refractivity contribution is 1.07. The van der Waals surface area contributed by atoms with E-state index in [4.69, 9.17) is 24.9 Å². The molecule has 0 saturated heterocycles. The maximum atomic E-state index is 4.93. The van der Waals surface area contributed by atoms with Gasteiger partial charge in [0, 0.05) is 27.6 Å². The van der Waals surface area contributed by atoms with Gasteiger partial charge in [-0.15, -0.1) is 0 Å². The summed E-state index contributed by atoms with van der Waals surface area (Å²) in [5, 5.41) is 1.11. The van der Waals surface area contributed by atoms with Gasteiger partial charge in [-0.1, -0.05) is 115 Å². The number of hydrogen-bond acceptors (Lipinski definition) is 5. The first-order valence-corrected chi connectivity index (χ1v) is 13.1. The van der Waals surface area contributed by atoms with Crippen molar-refractivity contribution in [1.82, 2.24) is 24.9 Å². The standard InChI is InChI=1S/C35H23N5/c1-3-11-26(12-4-1)33-38-34(27-13-5-2-6-14-27)40-35(39-33)28-20-18-25(19-21-28)30-16-9-17-31(36-30)32-23-22-24-10-7-8-15-29(24)37-32/h1-23H. The van der Waals surface area contributed by atoms with Crippen LogP contribution in [0.1, 0.15) is 0 Å².